The van der Waals surface area contributed by atoms with E-state index >= 15 is 0 Å². The average Bonchev–Trinajstić information content (AvgIpc) is 3.10. The smallest absolute Gasteiger partial charge is 0.307 e. The largest absolute Gasteiger partial charge is 0.493 e. The lowest BCUT2D eigenvalue weighted by molar-refractivity contribution is -0.136. The normalized spacial score (nSPS) is 18.7. The fourth-order valence-corrected chi connectivity index (χ4v) is 5.56. The number of carboxylic acids is 1. The molecule has 0 spiro atoms. The van der Waals surface area contributed by atoms with Gasteiger partial charge in [-0.2, -0.15) is 0 Å². The van der Waals surface area contributed by atoms with Crippen LogP contribution >= 0.6 is 0 Å². The molecule has 2 aromatic heterocycles. The lowest BCUT2D eigenvalue weighted by atomic mass is 9.79. The summed E-state index contributed by atoms with van der Waals surface area (Å²) in [6.07, 6.45) is 11.3. The number of ether oxygens (including phenoxy) is 1. The summed E-state index contributed by atoms with van der Waals surface area (Å²) in [5.74, 6) is 2.80. The van der Waals surface area contributed by atoms with Gasteiger partial charge in [0.15, 0.2) is 0 Å². The molecule has 200 valence electrons. The maximum atomic E-state index is 11.1. The van der Waals surface area contributed by atoms with Crippen LogP contribution in [-0.4, -0.2) is 40.7 Å². The standard InChI is InChI=1S/C31H37N3O4/c1-21-10-12-26-25(24(21)13-15-30(35)36)8-7-9-28(26)37-19-16-27-22(2)38-31(33-27)23-11-14-29(32-20-23)34-17-5-3-4-6-18-34/h7-9,11,13-14,20-21H,3-6,10,12,15-19H2,1-2H3,(H,35,36)/b24-13-. The van der Waals surface area contributed by atoms with Crippen LogP contribution in [0.4, 0.5) is 5.82 Å². The second-order valence-corrected chi connectivity index (χ2v) is 10.4. The highest BCUT2D eigenvalue weighted by molar-refractivity contribution is 5.77. The van der Waals surface area contributed by atoms with Crippen LogP contribution in [0, 0.1) is 12.8 Å². The molecule has 1 N–H and O–H groups in total. The van der Waals surface area contributed by atoms with E-state index < -0.39 is 5.97 Å². The molecule has 0 saturated carbocycles. The van der Waals surface area contributed by atoms with E-state index in [4.69, 9.17) is 24.2 Å². The highest BCUT2D eigenvalue weighted by Gasteiger charge is 2.23. The van der Waals surface area contributed by atoms with Crippen LogP contribution in [0.1, 0.15) is 68.0 Å². The summed E-state index contributed by atoms with van der Waals surface area (Å²) in [6.45, 7) is 6.72. The molecule has 2 aliphatic rings. The molecule has 38 heavy (non-hydrogen) atoms. The van der Waals surface area contributed by atoms with E-state index in [1.54, 1.807) is 0 Å². The molecule has 1 aliphatic carbocycles. The molecule has 5 rings (SSSR count). The first-order chi connectivity index (χ1) is 18.5. The number of fused-ring (bicyclic) bond motifs is 1. The van der Waals surface area contributed by atoms with Crippen molar-refractivity contribution < 1.29 is 19.1 Å². The van der Waals surface area contributed by atoms with E-state index in [2.05, 4.69) is 24.0 Å². The molecule has 3 aromatic rings. The number of rotatable bonds is 8. The number of hydrogen-bond acceptors (Lipinski definition) is 6. The number of oxazole rings is 1. The maximum Gasteiger partial charge on any atom is 0.307 e. The molecule has 1 fully saturated rings. The Balaban J connectivity index is 1.24. The first-order valence-electron chi connectivity index (χ1n) is 13.8. The van der Waals surface area contributed by atoms with Gasteiger partial charge >= 0.3 is 5.97 Å². The summed E-state index contributed by atoms with van der Waals surface area (Å²) < 4.78 is 12.2. The predicted octanol–water partition coefficient (Wildman–Crippen LogP) is 6.49. The monoisotopic (exact) mass is 515 g/mol. The predicted molar refractivity (Wildman–Crippen MR) is 149 cm³/mol. The minimum atomic E-state index is -0.810. The van der Waals surface area contributed by atoms with E-state index in [1.165, 1.54) is 25.7 Å². The molecule has 3 heterocycles. The molecule has 1 saturated heterocycles. The number of nitrogens with zero attached hydrogens (tertiary/aromatic N) is 3. The Morgan fingerprint density at radius 1 is 1.18 bits per heavy atom. The quantitative estimate of drug-likeness (QED) is 0.367. The molecule has 1 aliphatic heterocycles. The van der Waals surface area contributed by atoms with Gasteiger partial charge in [-0.25, -0.2) is 9.97 Å². The number of aromatic nitrogens is 2. The number of carboxylic acid groups (broad SMARTS) is 1. The van der Waals surface area contributed by atoms with Crippen LogP contribution < -0.4 is 9.64 Å². The van der Waals surface area contributed by atoms with E-state index in [0.717, 1.165) is 71.2 Å². The lowest BCUT2D eigenvalue weighted by Gasteiger charge is -2.27. The Bertz CT molecular complexity index is 1290. The Morgan fingerprint density at radius 2 is 2.00 bits per heavy atom. The Kier molecular flexibility index (Phi) is 8.11. The summed E-state index contributed by atoms with van der Waals surface area (Å²) in [7, 11) is 0. The Labute approximate surface area is 224 Å². The molecule has 0 amide bonds. The van der Waals surface area contributed by atoms with Gasteiger partial charge in [0.1, 0.15) is 17.3 Å². The van der Waals surface area contributed by atoms with Crippen LogP contribution in [0.15, 0.2) is 47.0 Å². The summed E-state index contributed by atoms with van der Waals surface area (Å²) in [4.78, 5) is 23.0. The van der Waals surface area contributed by atoms with E-state index in [9.17, 15) is 4.79 Å². The van der Waals surface area contributed by atoms with Gasteiger partial charge in [0.2, 0.25) is 5.89 Å². The topological polar surface area (TPSA) is 88.7 Å². The van der Waals surface area contributed by atoms with Crippen LogP contribution in [0.3, 0.4) is 0 Å². The van der Waals surface area contributed by atoms with Gasteiger partial charge in [-0.1, -0.05) is 38.0 Å². The zero-order valence-electron chi connectivity index (χ0n) is 22.4. The first kappa shape index (κ1) is 26.0. The summed E-state index contributed by atoms with van der Waals surface area (Å²) >= 11 is 0. The van der Waals surface area contributed by atoms with Gasteiger partial charge < -0.3 is 19.2 Å². The van der Waals surface area contributed by atoms with Gasteiger partial charge in [0.25, 0.3) is 0 Å². The van der Waals surface area contributed by atoms with Gasteiger partial charge in [0.05, 0.1) is 24.3 Å². The molecule has 0 bridgehead atoms. The molecular formula is C31H37N3O4. The Morgan fingerprint density at radius 3 is 2.74 bits per heavy atom. The third kappa shape index (κ3) is 5.93. The molecule has 1 atom stereocenters. The van der Waals surface area contributed by atoms with Crippen molar-refractivity contribution in [2.24, 2.45) is 5.92 Å². The number of aryl methyl sites for hydroxylation is 1. The van der Waals surface area contributed by atoms with Gasteiger partial charge in [0, 0.05) is 31.3 Å². The summed E-state index contributed by atoms with van der Waals surface area (Å²) in [5, 5.41) is 9.14. The van der Waals surface area contributed by atoms with Crippen LogP contribution in [0.25, 0.3) is 17.0 Å². The number of anilines is 1. The highest BCUT2D eigenvalue weighted by Crippen LogP contribution is 2.39. The Hall–Kier alpha value is -3.61. The number of carbonyl (C=O) groups is 1. The van der Waals surface area contributed by atoms with Gasteiger partial charge in [-0.3, -0.25) is 4.79 Å². The minimum absolute atomic E-state index is 0.0362. The highest BCUT2D eigenvalue weighted by atomic mass is 16.5. The molecule has 0 radical (unpaired) electrons. The van der Waals surface area contributed by atoms with Crippen LogP contribution in [0.2, 0.25) is 0 Å². The lowest BCUT2D eigenvalue weighted by Crippen LogP contribution is -2.24. The van der Waals surface area contributed by atoms with E-state index in [-0.39, 0.29) is 6.42 Å². The number of hydrogen-bond donors (Lipinski definition) is 1. The zero-order chi connectivity index (χ0) is 26.5. The second kappa shape index (κ2) is 11.8. The second-order valence-electron chi connectivity index (χ2n) is 10.4. The van der Waals surface area contributed by atoms with E-state index in [0.29, 0.717) is 24.8 Å². The van der Waals surface area contributed by atoms with Crippen molar-refractivity contribution in [3.8, 4) is 17.2 Å². The molecule has 1 aromatic carbocycles. The fraction of sp³-hybridized carbons (Fsp3) is 0.452. The van der Waals surface area contributed by atoms with Crippen molar-refractivity contribution in [2.45, 2.75) is 65.2 Å². The van der Waals surface area contributed by atoms with Crippen molar-refractivity contribution in [2.75, 3.05) is 24.6 Å². The van der Waals surface area contributed by atoms with Crippen molar-refractivity contribution >= 4 is 17.4 Å². The van der Waals surface area contributed by atoms with Gasteiger partial charge in [-0.15, -0.1) is 0 Å². The number of pyridine rings is 1. The number of aliphatic carboxylic acids is 1. The minimum Gasteiger partial charge on any atom is -0.493 e. The maximum absolute atomic E-state index is 11.1. The summed E-state index contributed by atoms with van der Waals surface area (Å²) in [5.41, 5.74) is 5.14. The average molecular weight is 516 g/mol. The number of benzene rings is 1. The van der Waals surface area contributed by atoms with Gasteiger partial charge in [-0.05, 0) is 67.9 Å². The van der Waals surface area contributed by atoms with Crippen molar-refractivity contribution in [1.29, 1.82) is 0 Å². The first-order valence-corrected chi connectivity index (χ1v) is 13.8. The third-order valence-electron chi connectivity index (χ3n) is 7.71. The zero-order valence-corrected chi connectivity index (χ0v) is 22.4. The molecule has 1 unspecified atom stereocenters. The summed E-state index contributed by atoms with van der Waals surface area (Å²) in [6, 6.07) is 10.2. The number of allylic oxidation sites excluding steroid dienone is 1. The van der Waals surface area contributed by atoms with Crippen LogP contribution in [-0.2, 0) is 17.6 Å². The molecule has 7 heteroatoms. The third-order valence-corrected chi connectivity index (χ3v) is 7.71. The van der Waals surface area contributed by atoms with Crippen molar-refractivity contribution in [3.63, 3.8) is 0 Å². The van der Waals surface area contributed by atoms with Crippen molar-refractivity contribution in [3.05, 3.63) is 65.2 Å². The fourth-order valence-electron chi connectivity index (χ4n) is 5.56. The molecule has 7 nitrogen and oxygen atoms in total. The van der Waals surface area contributed by atoms with Crippen molar-refractivity contribution in [1.82, 2.24) is 9.97 Å². The SMILES string of the molecule is Cc1oc(-c2ccc(N3CCCCCC3)nc2)nc1CCOc1cccc2c1CCC(C)/C2=C/CC(=O)O. The van der Waals surface area contributed by atoms with E-state index in [1.807, 2.05) is 37.4 Å². The van der Waals surface area contributed by atoms with Crippen LogP contribution in [0.5, 0.6) is 5.75 Å². The molecular weight excluding hydrogens is 478 g/mol.